The van der Waals surface area contributed by atoms with Crippen molar-refractivity contribution in [1.29, 1.82) is 0 Å². The van der Waals surface area contributed by atoms with Crippen molar-refractivity contribution in [3.63, 3.8) is 0 Å². The summed E-state index contributed by atoms with van der Waals surface area (Å²) in [6.45, 7) is 8.29. The molecule has 19 heavy (non-hydrogen) atoms. The van der Waals surface area contributed by atoms with E-state index in [4.69, 9.17) is 4.74 Å². The minimum absolute atomic E-state index is 0.188. The first kappa shape index (κ1) is 14.1. The molecule has 1 aromatic rings. The van der Waals surface area contributed by atoms with Crippen LogP contribution in [0.2, 0.25) is 0 Å². The standard InChI is InChI=1S/C16H23NO2/c1-5-19-15(18)16(4,17-14-6-7-14)13-9-11(2)8-12(3)10-13/h8-10,14,17H,5-7H2,1-4H3. The molecule has 0 heterocycles. The van der Waals surface area contributed by atoms with Gasteiger partial charge in [0.15, 0.2) is 0 Å². The minimum Gasteiger partial charge on any atom is -0.464 e. The first-order valence-corrected chi connectivity index (χ1v) is 6.99. The topological polar surface area (TPSA) is 38.3 Å². The van der Waals surface area contributed by atoms with Gasteiger partial charge in [0.1, 0.15) is 5.54 Å². The zero-order valence-corrected chi connectivity index (χ0v) is 12.2. The molecule has 1 atom stereocenters. The molecule has 1 aliphatic rings. The molecular weight excluding hydrogens is 238 g/mol. The molecule has 1 unspecified atom stereocenters. The second-order valence-corrected chi connectivity index (χ2v) is 5.64. The molecule has 3 heteroatoms. The number of ether oxygens (including phenoxy) is 1. The number of hydrogen-bond donors (Lipinski definition) is 1. The van der Waals surface area contributed by atoms with Crippen molar-refractivity contribution >= 4 is 5.97 Å². The van der Waals surface area contributed by atoms with Crippen LogP contribution in [0.25, 0.3) is 0 Å². The van der Waals surface area contributed by atoms with E-state index in [0.717, 1.165) is 18.4 Å². The van der Waals surface area contributed by atoms with Gasteiger partial charge in [-0.1, -0.05) is 29.3 Å². The molecule has 1 aromatic carbocycles. The number of carbonyl (C=O) groups is 1. The summed E-state index contributed by atoms with van der Waals surface area (Å²) in [5, 5.41) is 3.45. The Hall–Kier alpha value is -1.35. The van der Waals surface area contributed by atoms with Crippen LogP contribution in [0, 0.1) is 13.8 Å². The summed E-state index contributed by atoms with van der Waals surface area (Å²) in [5.74, 6) is -0.188. The van der Waals surface area contributed by atoms with Crippen molar-refractivity contribution in [2.75, 3.05) is 6.61 Å². The lowest BCUT2D eigenvalue weighted by Crippen LogP contribution is -2.48. The summed E-state index contributed by atoms with van der Waals surface area (Å²) in [6, 6.07) is 6.69. The molecular formula is C16H23NO2. The third-order valence-electron chi connectivity index (χ3n) is 3.55. The van der Waals surface area contributed by atoms with Crippen molar-refractivity contribution in [2.24, 2.45) is 0 Å². The van der Waals surface area contributed by atoms with Crippen LogP contribution in [0.1, 0.15) is 43.4 Å². The fourth-order valence-electron chi connectivity index (χ4n) is 2.43. The van der Waals surface area contributed by atoms with Gasteiger partial charge in [-0.25, -0.2) is 4.79 Å². The molecule has 0 aromatic heterocycles. The third kappa shape index (κ3) is 3.16. The Bertz CT molecular complexity index is 459. The van der Waals surface area contributed by atoms with E-state index in [9.17, 15) is 4.79 Å². The Balaban J connectivity index is 2.37. The molecule has 1 saturated carbocycles. The van der Waals surface area contributed by atoms with Crippen LogP contribution in [-0.4, -0.2) is 18.6 Å². The summed E-state index contributed by atoms with van der Waals surface area (Å²) in [7, 11) is 0. The maximum Gasteiger partial charge on any atom is 0.330 e. The van der Waals surface area contributed by atoms with Gasteiger partial charge in [0.25, 0.3) is 0 Å². The smallest absolute Gasteiger partial charge is 0.330 e. The Morgan fingerprint density at radius 2 is 1.89 bits per heavy atom. The highest BCUT2D eigenvalue weighted by Crippen LogP contribution is 2.30. The predicted molar refractivity (Wildman–Crippen MR) is 76.1 cm³/mol. The monoisotopic (exact) mass is 261 g/mol. The summed E-state index contributed by atoms with van der Waals surface area (Å²) in [6.07, 6.45) is 2.28. The van der Waals surface area contributed by atoms with Gasteiger partial charge >= 0.3 is 5.97 Å². The van der Waals surface area contributed by atoms with E-state index in [1.165, 1.54) is 11.1 Å². The molecule has 0 amide bonds. The molecule has 0 spiro atoms. The largest absolute Gasteiger partial charge is 0.464 e. The normalized spacial score (nSPS) is 17.9. The van der Waals surface area contributed by atoms with Crippen molar-refractivity contribution in [1.82, 2.24) is 5.32 Å². The number of carbonyl (C=O) groups excluding carboxylic acids is 1. The van der Waals surface area contributed by atoms with Gasteiger partial charge in [-0.05, 0) is 46.1 Å². The molecule has 104 valence electrons. The van der Waals surface area contributed by atoms with E-state index in [-0.39, 0.29) is 5.97 Å². The number of aryl methyl sites for hydroxylation is 2. The summed E-state index contributed by atoms with van der Waals surface area (Å²) >= 11 is 0. The van der Waals surface area contributed by atoms with Crippen molar-refractivity contribution < 1.29 is 9.53 Å². The van der Waals surface area contributed by atoms with Crippen LogP contribution in [0.3, 0.4) is 0 Å². The lowest BCUT2D eigenvalue weighted by Gasteiger charge is -2.30. The zero-order chi connectivity index (χ0) is 14.0. The molecule has 0 bridgehead atoms. The maximum atomic E-state index is 12.4. The Kier molecular flexibility index (Phi) is 3.95. The van der Waals surface area contributed by atoms with E-state index < -0.39 is 5.54 Å². The Morgan fingerprint density at radius 1 is 1.32 bits per heavy atom. The highest BCUT2D eigenvalue weighted by molar-refractivity contribution is 5.82. The fraction of sp³-hybridized carbons (Fsp3) is 0.562. The second-order valence-electron chi connectivity index (χ2n) is 5.64. The quantitative estimate of drug-likeness (QED) is 0.828. The SMILES string of the molecule is CCOC(=O)C(C)(NC1CC1)c1cc(C)cc(C)c1. The average molecular weight is 261 g/mol. The summed E-state index contributed by atoms with van der Waals surface area (Å²) in [4.78, 5) is 12.4. The first-order valence-electron chi connectivity index (χ1n) is 6.99. The average Bonchev–Trinajstić information content (AvgIpc) is 3.11. The van der Waals surface area contributed by atoms with Crippen molar-refractivity contribution in [2.45, 2.75) is 52.1 Å². The number of rotatable bonds is 5. The summed E-state index contributed by atoms with van der Waals surface area (Å²) in [5.41, 5.74) is 2.59. The van der Waals surface area contributed by atoms with Gasteiger partial charge in [0.2, 0.25) is 0 Å². The predicted octanol–water partition coefficient (Wildman–Crippen LogP) is 2.83. The van der Waals surface area contributed by atoms with Gasteiger partial charge in [-0.3, -0.25) is 5.32 Å². The van der Waals surface area contributed by atoms with Gasteiger partial charge in [0, 0.05) is 6.04 Å². The van der Waals surface area contributed by atoms with E-state index >= 15 is 0 Å². The van der Waals surface area contributed by atoms with Crippen molar-refractivity contribution in [3.8, 4) is 0 Å². The molecule has 0 radical (unpaired) electrons. The van der Waals surface area contributed by atoms with Gasteiger partial charge < -0.3 is 4.74 Å². The van der Waals surface area contributed by atoms with E-state index in [2.05, 4.69) is 37.4 Å². The molecule has 1 aliphatic carbocycles. The van der Waals surface area contributed by atoms with Crippen LogP contribution < -0.4 is 5.32 Å². The third-order valence-corrected chi connectivity index (χ3v) is 3.55. The molecule has 2 rings (SSSR count). The number of hydrogen-bond acceptors (Lipinski definition) is 3. The maximum absolute atomic E-state index is 12.4. The Morgan fingerprint density at radius 3 is 2.37 bits per heavy atom. The van der Waals surface area contributed by atoms with Crippen LogP contribution in [0.15, 0.2) is 18.2 Å². The van der Waals surface area contributed by atoms with E-state index in [1.54, 1.807) is 0 Å². The molecule has 3 nitrogen and oxygen atoms in total. The zero-order valence-electron chi connectivity index (χ0n) is 12.2. The number of nitrogens with one attached hydrogen (secondary N) is 1. The number of esters is 1. The lowest BCUT2D eigenvalue weighted by atomic mass is 9.89. The second kappa shape index (κ2) is 5.33. The Labute approximate surface area is 115 Å². The minimum atomic E-state index is -0.742. The fourth-order valence-corrected chi connectivity index (χ4v) is 2.43. The number of benzene rings is 1. The van der Waals surface area contributed by atoms with Gasteiger partial charge in [0.05, 0.1) is 6.61 Å². The van der Waals surface area contributed by atoms with Gasteiger partial charge in [-0.2, -0.15) is 0 Å². The lowest BCUT2D eigenvalue weighted by molar-refractivity contribution is -0.151. The molecule has 0 aliphatic heterocycles. The van der Waals surface area contributed by atoms with Crippen LogP contribution in [-0.2, 0) is 15.1 Å². The first-order chi connectivity index (χ1) is 8.95. The van der Waals surface area contributed by atoms with Crippen LogP contribution >= 0.6 is 0 Å². The summed E-state index contributed by atoms with van der Waals surface area (Å²) < 4.78 is 5.27. The van der Waals surface area contributed by atoms with Crippen LogP contribution in [0.4, 0.5) is 0 Å². The molecule has 1 fully saturated rings. The molecule has 0 saturated heterocycles. The van der Waals surface area contributed by atoms with Crippen LogP contribution in [0.5, 0.6) is 0 Å². The highest BCUT2D eigenvalue weighted by Gasteiger charge is 2.41. The van der Waals surface area contributed by atoms with E-state index in [1.807, 2.05) is 13.8 Å². The highest BCUT2D eigenvalue weighted by atomic mass is 16.5. The van der Waals surface area contributed by atoms with Crippen molar-refractivity contribution in [3.05, 3.63) is 34.9 Å². The van der Waals surface area contributed by atoms with Gasteiger partial charge in [-0.15, -0.1) is 0 Å². The van der Waals surface area contributed by atoms with E-state index in [0.29, 0.717) is 12.6 Å². The molecule has 1 N–H and O–H groups in total.